The van der Waals surface area contributed by atoms with E-state index in [4.69, 9.17) is 16.3 Å². The van der Waals surface area contributed by atoms with Crippen LogP contribution in [0.4, 0.5) is 0 Å². The molecule has 1 N–H and O–H groups in total. The Bertz CT molecular complexity index is 713. The normalized spacial score (nSPS) is 10.3. The maximum absolute atomic E-state index is 12.0. The van der Waals surface area contributed by atoms with Gasteiger partial charge in [-0.15, -0.1) is 0 Å². The average molecular weight is 336 g/mol. The summed E-state index contributed by atoms with van der Waals surface area (Å²) in [4.78, 5) is 23.6. The molecule has 0 aliphatic rings. The van der Waals surface area contributed by atoms with Crippen LogP contribution in [-0.4, -0.2) is 28.8 Å². The molecule has 1 aromatic carbocycles. The summed E-state index contributed by atoms with van der Waals surface area (Å²) >= 11 is 5.78. The Morgan fingerprint density at radius 2 is 2.00 bits per heavy atom. The van der Waals surface area contributed by atoms with E-state index in [2.05, 4.69) is 10.4 Å². The molecule has 7 heteroatoms. The van der Waals surface area contributed by atoms with Crippen LogP contribution in [0.15, 0.2) is 41.2 Å². The van der Waals surface area contributed by atoms with Crippen LogP contribution < -0.4 is 15.6 Å². The van der Waals surface area contributed by atoms with Crippen LogP contribution in [0, 0.1) is 0 Å². The zero-order valence-corrected chi connectivity index (χ0v) is 13.5. The SMILES string of the molecule is CCCn1nc(C(=O)NCCOc2ccc(Cl)cc2)ccc1=O. The largest absolute Gasteiger partial charge is 0.492 e. The van der Waals surface area contributed by atoms with Crippen molar-refractivity contribution in [1.82, 2.24) is 15.1 Å². The van der Waals surface area contributed by atoms with Crippen molar-refractivity contribution in [3.05, 3.63) is 57.5 Å². The van der Waals surface area contributed by atoms with E-state index in [9.17, 15) is 9.59 Å². The number of carbonyl (C=O) groups is 1. The van der Waals surface area contributed by atoms with Crippen molar-refractivity contribution in [3.8, 4) is 5.75 Å². The second-order valence-corrected chi connectivity index (χ2v) is 5.27. The average Bonchev–Trinajstić information content (AvgIpc) is 2.55. The third-order valence-corrected chi connectivity index (χ3v) is 3.26. The lowest BCUT2D eigenvalue weighted by atomic mass is 10.3. The first-order valence-corrected chi connectivity index (χ1v) is 7.72. The molecule has 0 atom stereocenters. The fraction of sp³-hybridized carbons (Fsp3) is 0.312. The molecule has 1 aromatic heterocycles. The maximum Gasteiger partial charge on any atom is 0.271 e. The number of rotatable bonds is 7. The lowest BCUT2D eigenvalue weighted by Gasteiger charge is -2.08. The number of carbonyl (C=O) groups excluding carboxylic acids is 1. The molecule has 122 valence electrons. The Morgan fingerprint density at radius 1 is 1.26 bits per heavy atom. The topological polar surface area (TPSA) is 73.2 Å². The van der Waals surface area contributed by atoms with E-state index in [-0.39, 0.29) is 17.2 Å². The number of benzene rings is 1. The quantitative estimate of drug-likeness (QED) is 0.787. The van der Waals surface area contributed by atoms with Crippen molar-refractivity contribution in [1.29, 1.82) is 0 Å². The first-order chi connectivity index (χ1) is 11.1. The van der Waals surface area contributed by atoms with Crippen LogP contribution >= 0.6 is 11.6 Å². The van der Waals surface area contributed by atoms with Crippen molar-refractivity contribution in [3.63, 3.8) is 0 Å². The van der Waals surface area contributed by atoms with E-state index in [1.54, 1.807) is 24.3 Å². The molecule has 23 heavy (non-hydrogen) atoms. The van der Waals surface area contributed by atoms with Crippen molar-refractivity contribution in [2.75, 3.05) is 13.2 Å². The van der Waals surface area contributed by atoms with Gasteiger partial charge in [-0.05, 0) is 36.8 Å². The van der Waals surface area contributed by atoms with Gasteiger partial charge in [0, 0.05) is 17.6 Å². The Labute approximate surface area is 139 Å². The smallest absolute Gasteiger partial charge is 0.271 e. The molecule has 2 aromatic rings. The van der Waals surface area contributed by atoms with Crippen LogP contribution in [0.2, 0.25) is 5.02 Å². The highest BCUT2D eigenvalue weighted by Gasteiger charge is 2.08. The Hall–Kier alpha value is -2.34. The standard InChI is InChI=1S/C16H18ClN3O3/c1-2-10-20-15(21)8-7-14(19-20)16(22)18-9-11-23-13-5-3-12(17)4-6-13/h3-8H,2,9-11H2,1H3,(H,18,22). The van der Waals surface area contributed by atoms with Gasteiger partial charge in [0.1, 0.15) is 18.1 Å². The van der Waals surface area contributed by atoms with E-state index >= 15 is 0 Å². The number of nitrogens with zero attached hydrogens (tertiary/aromatic N) is 2. The van der Waals surface area contributed by atoms with Gasteiger partial charge in [-0.2, -0.15) is 5.10 Å². The number of ether oxygens (including phenoxy) is 1. The van der Waals surface area contributed by atoms with Crippen LogP contribution in [0.1, 0.15) is 23.8 Å². The third kappa shape index (κ3) is 5.10. The summed E-state index contributed by atoms with van der Waals surface area (Å²) < 4.78 is 6.77. The summed E-state index contributed by atoms with van der Waals surface area (Å²) in [5.41, 5.74) is -0.000912. The molecule has 0 fully saturated rings. The molecule has 2 rings (SSSR count). The lowest BCUT2D eigenvalue weighted by Crippen LogP contribution is -2.31. The molecule has 0 unspecified atom stereocenters. The van der Waals surface area contributed by atoms with Gasteiger partial charge in [0.05, 0.1) is 6.54 Å². The summed E-state index contributed by atoms with van der Waals surface area (Å²) in [5, 5.41) is 7.38. The molecule has 0 saturated heterocycles. The number of halogens is 1. The molecule has 0 spiro atoms. The van der Waals surface area contributed by atoms with Gasteiger partial charge < -0.3 is 10.1 Å². The summed E-state index contributed by atoms with van der Waals surface area (Å²) in [6.07, 6.45) is 0.771. The molecule has 0 aliphatic heterocycles. The number of hydrogen-bond acceptors (Lipinski definition) is 4. The van der Waals surface area contributed by atoms with Gasteiger partial charge >= 0.3 is 0 Å². The maximum atomic E-state index is 12.0. The number of aromatic nitrogens is 2. The molecular formula is C16H18ClN3O3. The Morgan fingerprint density at radius 3 is 2.70 bits per heavy atom. The number of hydrogen-bond donors (Lipinski definition) is 1. The molecule has 1 heterocycles. The van der Waals surface area contributed by atoms with Crippen LogP contribution in [0.5, 0.6) is 5.75 Å². The highest BCUT2D eigenvalue weighted by atomic mass is 35.5. The van der Waals surface area contributed by atoms with Crippen LogP contribution in [0.25, 0.3) is 0 Å². The molecule has 1 amide bonds. The zero-order valence-electron chi connectivity index (χ0n) is 12.8. The number of nitrogens with one attached hydrogen (secondary N) is 1. The number of amides is 1. The molecule has 0 aliphatic carbocycles. The van der Waals surface area contributed by atoms with Gasteiger partial charge in [0.25, 0.3) is 11.5 Å². The van der Waals surface area contributed by atoms with Gasteiger partial charge in [0.2, 0.25) is 0 Å². The molecule has 6 nitrogen and oxygen atoms in total. The summed E-state index contributed by atoms with van der Waals surface area (Å²) in [6, 6.07) is 9.75. The summed E-state index contributed by atoms with van der Waals surface area (Å²) in [7, 11) is 0. The van der Waals surface area contributed by atoms with Crippen molar-refractivity contribution >= 4 is 17.5 Å². The summed E-state index contributed by atoms with van der Waals surface area (Å²) in [6.45, 7) is 3.08. The van der Waals surface area contributed by atoms with Crippen molar-refractivity contribution in [2.24, 2.45) is 0 Å². The second kappa shape index (κ2) is 8.33. The fourth-order valence-corrected chi connectivity index (χ4v) is 2.02. The van der Waals surface area contributed by atoms with Crippen LogP contribution in [0.3, 0.4) is 0 Å². The van der Waals surface area contributed by atoms with Crippen LogP contribution in [-0.2, 0) is 6.54 Å². The van der Waals surface area contributed by atoms with Crippen molar-refractivity contribution in [2.45, 2.75) is 19.9 Å². The van der Waals surface area contributed by atoms with E-state index < -0.39 is 0 Å². The molecule has 0 saturated carbocycles. The fourth-order valence-electron chi connectivity index (χ4n) is 1.90. The lowest BCUT2D eigenvalue weighted by molar-refractivity contribution is 0.0939. The minimum Gasteiger partial charge on any atom is -0.492 e. The zero-order chi connectivity index (χ0) is 16.7. The van der Waals surface area contributed by atoms with E-state index in [0.717, 1.165) is 6.42 Å². The van der Waals surface area contributed by atoms with E-state index in [0.29, 0.717) is 30.5 Å². The molecular weight excluding hydrogens is 318 g/mol. The van der Waals surface area contributed by atoms with Gasteiger partial charge in [0.15, 0.2) is 0 Å². The first kappa shape index (κ1) is 17.0. The van der Waals surface area contributed by atoms with Gasteiger partial charge in [-0.25, -0.2) is 4.68 Å². The highest BCUT2D eigenvalue weighted by Crippen LogP contribution is 2.15. The Kier molecular flexibility index (Phi) is 6.17. The van der Waals surface area contributed by atoms with Crippen molar-refractivity contribution < 1.29 is 9.53 Å². The predicted molar refractivity (Wildman–Crippen MR) is 88.1 cm³/mol. The van der Waals surface area contributed by atoms with Gasteiger partial charge in [-0.1, -0.05) is 18.5 Å². The first-order valence-electron chi connectivity index (χ1n) is 7.35. The molecule has 0 radical (unpaired) electrons. The minimum atomic E-state index is -0.338. The highest BCUT2D eigenvalue weighted by molar-refractivity contribution is 6.30. The molecule has 0 bridgehead atoms. The monoisotopic (exact) mass is 335 g/mol. The second-order valence-electron chi connectivity index (χ2n) is 4.84. The summed E-state index contributed by atoms with van der Waals surface area (Å²) in [5.74, 6) is 0.341. The predicted octanol–water partition coefficient (Wildman–Crippen LogP) is 2.12. The Balaban J connectivity index is 1.83. The third-order valence-electron chi connectivity index (χ3n) is 3.00. The van der Waals surface area contributed by atoms with Gasteiger partial charge in [-0.3, -0.25) is 9.59 Å². The number of aryl methyl sites for hydroxylation is 1. The van der Waals surface area contributed by atoms with E-state index in [1.807, 2.05) is 6.92 Å². The minimum absolute atomic E-state index is 0.213. The van der Waals surface area contributed by atoms with E-state index in [1.165, 1.54) is 16.8 Å².